The van der Waals surface area contributed by atoms with E-state index >= 15 is 0 Å². The zero-order valence-electron chi connectivity index (χ0n) is 11.0. The number of thiophene rings is 1. The molecule has 2 nitrogen and oxygen atoms in total. The highest BCUT2D eigenvalue weighted by molar-refractivity contribution is 7.12. The Labute approximate surface area is 109 Å². The second-order valence-corrected chi connectivity index (χ2v) is 6.41. The molecule has 1 aromatic heterocycles. The minimum Gasteiger partial charge on any atom is -0.326 e. The molecule has 2 rings (SSSR count). The molecule has 17 heavy (non-hydrogen) atoms. The van der Waals surface area contributed by atoms with Gasteiger partial charge in [-0.2, -0.15) is 0 Å². The Morgan fingerprint density at radius 2 is 2.24 bits per heavy atom. The number of rotatable bonds is 3. The molecule has 2 heterocycles. The Balaban J connectivity index is 2.22. The molecule has 0 aromatic carbocycles. The third-order valence-corrected chi connectivity index (χ3v) is 4.67. The number of hydrogen-bond acceptors (Lipinski definition) is 3. The highest BCUT2D eigenvalue weighted by atomic mass is 32.1. The van der Waals surface area contributed by atoms with Crippen LogP contribution in [-0.4, -0.2) is 24.0 Å². The van der Waals surface area contributed by atoms with Gasteiger partial charge in [0.2, 0.25) is 0 Å². The smallest absolute Gasteiger partial charge is 0.0593 e. The highest BCUT2D eigenvalue weighted by Gasteiger charge is 2.29. The van der Waals surface area contributed by atoms with Crippen molar-refractivity contribution >= 4 is 11.3 Å². The quantitative estimate of drug-likeness (QED) is 0.894. The fraction of sp³-hybridized carbons (Fsp3) is 0.714. The predicted molar refractivity (Wildman–Crippen MR) is 75.5 cm³/mol. The molecule has 0 spiro atoms. The van der Waals surface area contributed by atoms with E-state index in [0.717, 1.165) is 0 Å². The van der Waals surface area contributed by atoms with E-state index in [2.05, 4.69) is 30.9 Å². The van der Waals surface area contributed by atoms with Gasteiger partial charge in [-0.15, -0.1) is 11.3 Å². The molecule has 3 heteroatoms. The van der Waals surface area contributed by atoms with Gasteiger partial charge >= 0.3 is 0 Å². The number of hydrogen-bond donors (Lipinski definition) is 1. The normalized spacial score (nSPS) is 27.0. The summed E-state index contributed by atoms with van der Waals surface area (Å²) in [6.45, 7) is 6.83. The minimum atomic E-state index is 0.307. The van der Waals surface area contributed by atoms with Gasteiger partial charge in [0.1, 0.15) is 0 Å². The van der Waals surface area contributed by atoms with Crippen molar-refractivity contribution in [2.75, 3.05) is 13.1 Å². The molecule has 2 atom stereocenters. The van der Waals surface area contributed by atoms with E-state index in [1.165, 1.54) is 48.5 Å². The average Bonchev–Trinajstić information content (AvgIpc) is 2.62. The van der Waals surface area contributed by atoms with E-state index in [0.29, 0.717) is 12.1 Å². The molecule has 0 saturated carbocycles. The number of nitrogens with zero attached hydrogens (tertiary/aromatic N) is 1. The molecule has 1 aromatic rings. The monoisotopic (exact) mass is 252 g/mol. The van der Waals surface area contributed by atoms with Crippen molar-refractivity contribution < 1.29 is 0 Å². The summed E-state index contributed by atoms with van der Waals surface area (Å²) in [6, 6.07) is 5.26. The lowest BCUT2D eigenvalue weighted by Gasteiger charge is -2.32. The SMILES string of the molecule is CCCN1CCCCC(N)C1c1ccc(C)s1. The standard InChI is InChI=1S/C14H24N2S/c1-3-9-16-10-5-4-6-12(15)14(16)13-8-7-11(2)17-13/h7-8,12,14H,3-6,9-10,15H2,1-2H3. The number of aryl methyl sites for hydroxylation is 1. The zero-order chi connectivity index (χ0) is 12.3. The summed E-state index contributed by atoms with van der Waals surface area (Å²) in [6.07, 6.45) is 4.96. The summed E-state index contributed by atoms with van der Waals surface area (Å²) in [5.74, 6) is 0. The molecule has 2 N–H and O–H groups in total. The van der Waals surface area contributed by atoms with E-state index in [-0.39, 0.29) is 0 Å². The summed E-state index contributed by atoms with van der Waals surface area (Å²) >= 11 is 1.92. The molecule has 0 amide bonds. The van der Waals surface area contributed by atoms with Gasteiger partial charge in [0.05, 0.1) is 6.04 Å². The Hall–Kier alpha value is -0.380. The van der Waals surface area contributed by atoms with Crippen molar-refractivity contribution in [3.8, 4) is 0 Å². The number of likely N-dealkylation sites (tertiary alicyclic amines) is 1. The molecule has 0 aliphatic carbocycles. The van der Waals surface area contributed by atoms with Crippen LogP contribution >= 0.6 is 11.3 Å². The zero-order valence-corrected chi connectivity index (χ0v) is 11.8. The third-order valence-electron chi connectivity index (χ3n) is 3.60. The van der Waals surface area contributed by atoms with Crippen molar-refractivity contribution in [1.82, 2.24) is 4.90 Å². The molecule has 0 bridgehead atoms. The first-order chi connectivity index (χ1) is 8.22. The molecular weight excluding hydrogens is 228 g/mol. The van der Waals surface area contributed by atoms with Crippen LogP contribution < -0.4 is 5.73 Å². The fourth-order valence-electron chi connectivity index (χ4n) is 2.80. The minimum absolute atomic E-state index is 0.307. The van der Waals surface area contributed by atoms with Crippen molar-refractivity contribution in [3.05, 3.63) is 21.9 Å². The molecule has 0 radical (unpaired) electrons. The van der Waals surface area contributed by atoms with Gasteiger partial charge in [-0.3, -0.25) is 4.90 Å². The summed E-state index contributed by atoms with van der Waals surface area (Å²) in [7, 11) is 0. The topological polar surface area (TPSA) is 29.3 Å². The second-order valence-electron chi connectivity index (χ2n) is 5.09. The maximum Gasteiger partial charge on any atom is 0.0593 e. The van der Waals surface area contributed by atoms with Crippen molar-refractivity contribution in [3.63, 3.8) is 0 Å². The van der Waals surface area contributed by atoms with Crippen LogP contribution in [0.15, 0.2) is 12.1 Å². The highest BCUT2D eigenvalue weighted by Crippen LogP contribution is 2.33. The van der Waals surface area contributed by atoms with Crippen molar-refractivity contribution in [1.29, 1.82) is 0 Å². The summed E-state index contributed by atoms with van der Waals surface area (Å²) < 4.78 is 0. The molecule has 1 aliphatic rings. The van der Waals surface area contributed by atoms with E-state index in [1.54, 1.807) is 0 Å². The van der Waals surface area contributed by atoms with Gasteiger partial charge in [-0.1, -0.05) is 13.3 Å². The van der Waals surface area contributed by atoms with Gasteiger partial charge in [0.15, 0.2) is 0 Å². The molecule has 2 unspecified atom stereocenters. The van der Waals surface area contributed by atoms with Gasteiger partial charge in [-0.25, -0.2) is 0 Å². The third kappa shape index (κ3) is 3.09. The predicted octanol–water partition coefficient (Wildman–Crippen LogP) is 3.32. The lowest BCUT2D eigenvalue weighted by molar-refractivity contribution is 0.189. The van der Waals surface area contributed by atoms with Crippen LogP contribution in [-0.2, 0) is 0 Å². The van der Waals surface area contributed by atoms with E-state index < -0.39 is 0 Å². The van der Waals surface area contributed by atoms with Gasteiger partial charge in [-0.05, 0) is 51.4 Å². The lowest BCUT2D eigenvalue weighted by atomic mass is 10.0. The van der Waals surface area contributed by atoms with Crippen molar-refractivity contribution in [2.45, 2.75) is 51.6 Å². The fourth-order valence-corrected chi connectivity index (χ4v) is 3.89. The first-order valence-electron chi connectivity index (χ1n) is 6.78. The first kappa shape index (κ1) is 13.1. The second kappa shape index (κ2) is 5.98. The largest absolute Gasteiger partial charge is 0.326 e. The molecule has 1 saturated heterocycles. The van der Waals surface area contributed by atoms with Crippen LogP contribution in [0.25, 0.3) is 0 Å². The Morgan fingerprint density at radius 1 is 1.41 bits per heavy atom. The Kier molecular flexibility index (Phi) is 4.60. The van der Waals surface area contributed by atoms with E-state index in [4.69, 9.17) is 5.73 Å². The molecule has 96 valence electrons. The molecule has 1 fully saturated rings. The van der Waals surface area contributed by atoms with Crippen LogP contribution in [0.1, 0.15) is 48.4 Å². The maximum atomic E-state index is 6.41. The summed E-state index contributed by atoms with van der Waals surface area (Å²) in [5.41, 5.74) is 6.41. The van der Waals surface area contributed by atoms with Crippen LogP contribution in [0.5, 0.6) is 0 Å². The Bertz CT molecular complexity index is 348. The Morgan fingerprint density at radius 3 is 2.88 bits per heavy atom. The average molecular weight is 252 g/mol. The van der Waals surface area contributed by atoms with Crippen LogP contribution in [0.4, 0.5) is 0 Å². The maximum absolute atomic E-state index is 6.41. The summed E-state index contributed by atoms with van der Waals surface area (Å²) in [5, 5.41) is 0. The van der Waals surface area contributed by atoms with Crippen molar-refractivity contribution in [2.24, 2.45) is 5.73 Å². The van der Waals surface area contributed by atoms with Crippen LogP contribution in [0.2, 0.25) is 0 Å². The molecule has 1 aliphatic heterocycles. The summed E-state index contributed by atoms with van der Waals surface area (Å²) in [4.78, 5) is 5.46. The van der Waals surface area contributed by atoms with E-state index in [9.17, 15) is 0 Å². The van der Waals surface area contributed by atoms with Gasteiger partial charge in [0, 0.05) is 15.8 Å². The van der Waals surface area contributed by atoms with E-state index in [1.807, 2.05) is 11.3 Å². The van der Waals surface area contributed by atoms with Gasteiger partial charge < -0.3 is 5.73 Å². The van der Waals surface area contributed by atoms with Crippen LogP contribution in [0.3, 0.4) is 0 Å². The van der Waals surface area contributed by atoms with Crippen LogP contribution in [0, 0.1) is 6.92 Å². The lowest BCUT2D eigenvalue weighted by Crippen LogP contribution is -2.39. The van der Waals surface area contributed by atoms with Gasteiger partial charge in [0.25, 0.3) is 0 Å². The first-order valence-corrected chi connectivity index (χ1v) is 7.60. The number of nitrogens with two attached hydrogens (primary N) is 1. The molecular formula is C14H24N2S.